The van der Waals surface area contributed by atoms with E-state index in [0.717, 1.165) is 12.8 Å². The summed E-state index contributed by atoms with van der Waals surface area (Å²) < 4.78 is 0. The van der Waals surface area contributed by atoms with E-state index in [0.29, 0.717) is 17.8 Å². The maximum Gasteiger partial charge on any atom is 0.269 e. The SMILES string of the molecule is CSCCCCCCNC(=O)c1ccc(C#CCO)cn1. The van der Waals surface area contributed by atoms with Gasteiger partial charge >= 0.3 is 0 Å². The number of aromatic nitrogens is 1. The van der Waals surface area contributed by atoms with E-state index in [-0.39, 0.29) is 12.5 Å². The zero-order valence-electron chi connectivity index (χ0n) is 12.4. The van der Waals surface area contributed by atoms with E-state index in [2.05, 4.69) is 28.4 Å². The molecule has 0 aliphatic rings. The van der Waals surface area contributed by atoms with Crippen molar-refractivity contribution in [3.05, 3.63) is 29.6 Å². The first-order valence-corrected chi connectivity index (χ1v) is 8.50. The van der Waals surface area contributed by atoms with Gasteiger partial charge in [-0.05, 0) is 37.0 Å². The molecule has 0 unspecified atom stereocenters. The monoisotopic (exact) mass is 306 g/mol. The Hall–Kier alpha value is -1.51. The highest BCUT2D eigenvalue weighted by Gasteiger charge is 2.05. The average molecular weight is 306 g/mol. The Labute approximate surface area is 130 Å². The minimum Gasteiger partial charge on any atom is -0.384 e. The fourth-order valence-electron chi connectivity index (χ4n) is 1.76. The Morgan fingerprint density at radius 3 is 2.81 bits per heavy atom. The highest BCUT2D eigenvalue weighted by Crippen LogP contribution is 2.04. The molecule has 0 atom stereocenters. The van der Waals surface area contributed by atoms with Crippen molar-refractivity contribution in [1.82, 2.24) is 10.3 Å². The van der Waals surface area contributed by atoms with Gasteiger partial charge in [-0.1, -0.05) is 24.7 Å². The molecule has 1 aromatic heterocycles. The fourth-order valence-corrected chi connectivity index (χ4v) is 2.25. The number of pyridine rings is 1. The smallest absolute Gasteiger partial charge is 0.269 e. The number of aliphatic hydroxyl groups is 1. The van der Waals surface area contributed by atoms with Crippen molar-refractivity contribution in [3.8, 4) is 11.8 Å². The van der Waals surface area contributed by atoms with Crippen LogP contribution in [0.5, 0.6) is 0 Å². The van der Waals surface area contributed by atoms with Crippen molar-refractivity contribution in [1.29, 1.82) is 0 Å². The van der Waals surface area contributed by atoms with Gasteiger partial charge in [0.05, 0.1) is 0 Å². The van der Waals surface area contributed by atoms with E-state index in [1.165, 1.54) is 18.6 Å². The molecule has 1 rings (SSSR count). The van der Waals surface area contributed by atoms with Gasteiger partial charge in [0.1, 0.15) is 12.3 Å². The van der Waals surface area contributed by atoms with Gasteiger partial charge in [-0.15, -0.1) is 0 Å². The molecule has 114 valence electrons. The molecular formula is C16H22N2O2S. The number of nitrogens with zero attached hydrogens (tertiary/aromatic N) is 1. The number of thioether (sulfide) groups is 1. The number of amides is 1. The highest BCUT2D eigenvalue weighted by atomic mass is 32.2. The second kappa shape index (κ2) is 11.2. The van der Waals surface area contributed by atoms with Crippen LogP contribution in [0.15, 0.2) is 18.3 Å². The van der Waals surface area contributed by atoms with E-state index in [1.807, 2.05) is 11.8 Å². The molecule has 0 bridgehead atoms. The highest BCUT2D eigenvalue weighted by molar-refractivity contribution is 7.98. The van der Waals surface area contributed by atoms with Gasteiger partial charge in [-0.2, -0.15) is 11.8 Å². The molecule has 0 aliphatic heterocycles. The van der Waals surface area contributed by atoms with Crippen LogP contribution in [-0.2, 0) is 0 Å². The third-order valence-corrected chi connectivity index (χ3v) is 3.57. The Bertz CT molecular complexity index is 477. The Kier molecular flexibility index (Phi) is 9.34. The first kappa shape index (κ1) is 17.5. The molecule has 0 aliphatic carbocycles. The summed E-state index contributed by atoms with van der Waals surface area (Å²) in [5.41, 5.74) is 1.08. The molecule has 0 radical (unpaired) electrons. The maximum absolute atomic E-state index is 11.9. The number of hydrogen-bond donors (Lipinski definition) is 2. The molecule has 21 heavy (non-hydrogen) atoms. The number of rotatable bonds is 8. The van der Waals surface area contributed by atoms with E-state index < -0.39 is 0 Å². The van der Waals surface area contributed by atoms with Crippen molar-refractivity contribution in [2.75, 3.05) is 25.2 Å². The van der Waals surface area contributed by atoms with Gasteiger partial charge in [-0.3, -0.25) is 4.79 Å². The molecule has 1 heterocycles. The second-order valence-corrected chi connectivity index (χ2v) is 5.54. The van der Waals surface area contributed by atoms with Crippen LogP contribution in [0, 0.1) is 11.8 Å². The van der Waals surface area contributed by atoms with Crippen LogP contribution in [-0.4, -0.2) is 41.2 Å². The van der Waals surface area contributed by atoms with Gasteiger partial charge in [0.15, 0.2) is 0 Å². The quantitative estimate of drug-likeness (QED) is 0.570. The number of nitrogens with one attached hydrogen (secondary N) is 1. The average Bonchev–Trinajstić information content (AvgIpc) is 2.52. The molecule has 0 saturated carbocycles. The summed E-state index contributed by atoms with van der Waals surface area (Å²) in [7, 11) is 0. The first-order chi connectivity index (χ1) is 10.3. The minimum absolute atomic E-state index is 0.152. The lowest BCUT2D eigenvalue weighted by molar-refractivity contribution is 0.0948. The molecule has 1 aromatic rings. The standard InChI is InChI=1S/C16H22N2O2S/c1-21-12-5-3-2-4-10-17-16(20)15-9-8-14(13-18-15)7-6-11-19/h8-9,13,19H,2-5,10-12H2,1H3,(H,17,20). The number of aliphatic hydroxyl groups excluding tert-OH is 1. The summed E-state index contributed by atoms with van der Waals surface area (Å²) in [6, 6.07) is 3.38. The zero-order chi connectivity index (χ0) is 15.3. The first-order valence-electron chi connectivity index (χ1n) is 7.11. The van der Waals surface area contributed by atoms with Crippen LogP contribution in [0.25, 0.3) is 0 Å². The molecule has 1 amide bonds. The zero-order valence-corrected chi connectivity index (χ0v) is 13.2. The van der Waals surface area contributed by atoms with Crippen molar-refractivity contribution in [2.45, 2.75) is 25.7 Å². The van der Waals surface area contributed by atoms with Crippen LogP contribution in [0.3, 0.4) is 0 Å². The number of hydrogen-bond acceptors (Lipinski definition) is 4. The maximum atomic E-state index is 11.9. The van der Waals surface area contributed by atoms with Crippen LogP contribution in [0.4, 0.5) is 0 Å². The molecule has 0 saturated heterocycles. The lowest BCUT2D eigenvalue weighted by atomic mass is 10.2. The third kappa shape index (κ3) is 7.74. The van der Waals surface area contributed by atoms with Gasteiger partial charge in [0, 0.05) is 18.3 Å². The predicted molar refractivity (Wildman–Crippen MR) is 87.4 cm³/mol. The Morgan fingerprint density at radius 2 is 2.14 bits per heavy atom. The van der Waals surface area contributed by atoms with Gasteiger partial charge < -0.3 is 10.4 Å². The molecule has 0 fully saturated rings. The van der Waals surface area contributed by atoms with E-state index in [4.69, 9.17) is 5.11 Å². The van der Waals surface area contributed by atoms with Crippen LogP contribution in [0.1, 0.15) is 41.7 Å². The molecule has 0 spiro atoms. The van der Waals surface area contributed by atoms with E-state index in [1.54, 1.807) is 18.3 Å². The number of unbranched alkanes of at least 4 members (excludes halogenated alkanes) is 3. The van der Waals surface area contributed by atoms with Crippen LogP contribution >= 0.6 is 11.8 Å². The van der Waals surface area contributed by atoms with E-state index in [9.17, 15) is 4.79 Å². The second-order valence-electron chi connectivity index (χ2n) is 4.55. The normalized spacial score (nSPS) is 9.81. The van der Waals surface area contributed by atoms with Crippen molar-refractivity contribution >= 4 is 17.7 Å². The lowest BCUT2D eigenvalue weighted by Gasteiger charge is -2.04. The molecule has 5 heteroatoms. The summed E-state index contributed by atoms with van der Waals surface area (Å²) in [6.45, 7) is 0.505. The summed E-state index contributed by atoms with van der Waals surface area (Å²) in [5, 5.41) is 11.5. The largest absolute Gasteiger partial charge is 0.384 e. The van der Waals surface area contributed by atoms with Crippen LogP contribution < -0.4 is 5.32 Å². The van der Waals surface area contributed by atoms with Gasteiger partial charge in [-0.25, -0.2) is 4.98 Å². The summed E-state index contributed by atoms with van der Waals surface area (Å²) in [4.78, 5) is 15.9. The van der Waals surface area contributed by atoms with Crippen molar-refractivity contribution in [2.24, 2.45) is 0 Å². The number of carbonyl (C=O) groups excluding carboxylic acids is 1. The summed E-state index contributed by atoms with van der Waals surface area (Å²) in [5.74, 6) is 6.34. The molecule has 2 N–H and O–H groups in total. The van der Waals surface area contributed by atoms with Gasteiger partial charge in [0.2, 0.25) is 0 Å². The molecule has 4 nitrogen and oxygen atoms in total. The molecule has 0 aromatic carbocycles. The summed E-state index contributed by atoms with van der Waals surface area (Å²) >= 11 is 1.87. The van der Waals surface area contributed by atoms with Crippen molar-refractivity contribution < 1.29 is 9.90 Å². The fraction of sp³-hybridized carbons (Fsp3) is 0.500. The predicted octanol–water partition coefficient (Wildman–Crippen LogP) is 2.08. The van der Waals surface area contributed by atoms with Crippen LogP contribution in [0.2, 0.25) is 0 Å². The summed E-state index contributed by atoms with van der Waals surface area (Å²) in [6.07, 6.45) is 8.26. The van der Waals surface area contributed by atoms with Crippen molar-refractivity contribution in [3.63, 3.8) is 0 Å². The third-order valence-electron chi connectivity index (χ3n) is 2.87. The number of carbonyl (C=O) groups is 1. The topological polar surface area (TPSA) is 62.2 Å². The van der Waals surface area contributed by atoms with Gasteiger partial charge in [0.25, 0.3) is 5.91 Å². The minimum atomic E-state index is -0.181. The Balaban J connectivity index is 2.26. The molecular weight excluding hydrogens is 284 g/mol. The Morgan fingerprint density at radius 1 is 1.33 bits per heavy atom. The van der Waals surface area contributed by atoms with E-state index >= 15 is 0 Å². The lowest BCUT2D eigenvalue weighted by Crippen LogP contribution is -2.25.